The number of carbonyl (C=O) groups excluding carboxylic acids is 1. The Morgan fingerprint density at radius 3 is 2.52 bits per heavy atom. The standard InChI is InChI=1S/C14H18BrN3O3/c1-10-8-11(15)2-3-12(10)16-14(21)18-6-4-17(5-7-18)9-13(19)20/h2-3,8H,4-7,9H2,1H3,(H,16,21)(H,19,20). The molecule has 6 nitrogen and oxygen atoms in total. The first-order valence-electron chi connectivity index (χ1n) is 6.72. The van der Waals surface area contributed by atoms with Gasteiger partial charge in [-0.05, 0) is 30.7 Å². The monoisotopic (exact) mass is 355 g/mol. The molecule has 114 valence electrons. The first-order valence-corrected chi connectivity index (χ1v) is 7.51. The van der Waals surface area contributed by atoms with Crippen molar-refractivity contribution in [1.82, 2.24) is 9.80 Å². The number of piperazine rings is 1. The summed E-state index contributed by atoms with van der Waals surface area (Å²) in [5.41, 5.74) is 1.78. The number of nitrogens with zero attached hydrogens (tertiary/aromatic N) is 2. The zero-order valence-electron chi connectivity index (χ0n) is 11.8. The molecule has 0 radical (unpaired) electrons. The van der Waals surface area contributed by atoms with Crippen LogP contribution in [0.4, 0.5) is 10.5 Å². The maximum atomic E-state index is 12.2. The third kappa shape index (κ3) is 4.44. The van der Waals surface area contributed by atoms with Gasteiger partial charge in [0.1, 0.15) is 0 Å². The smallest absolute Gasteiger partial charge is 0.321 e. The average Bonchev–Trinajstić information content (AvgIpc) is 2.42. The van der Waals surface area contributed by atoms with Crippen LogP contribution in [-0.4, -0.2) is 59.6 Å². The van der Waals surface area contributed by atoms with Crippen LogP contribution in [0.15, 0.2) is 22.7 Å². The van der Waals surface area contributed by atoms with Gasteiger partial charge in [0.2, 0.25) is 0 Å². The number of urea groups is 1. The van der Waals surface area contributed by atoms with Crippen molar-refractivity contribution in [2.75, 3.05) is 38.0 Å². The van der Waals surface area contributed by atoms with Crippen LogP contribution in [0.2, 0.25) is 0 Å². The number of nitrogens with one attached hydrogen (secondary N) is 1. The van der Waals surface area contributed by atoms with Gasteiger partial charge >= 0.3 is 12.0 Å². The number of hydrogen-bond donors (Lipinski definition) is 2. The van der Waals surface area contributed by atoms with Crippen molar-refractivity contribution in [3.05, 3.63) is 28.2 Å². The molecule has 0 atom stereocenters. The zero-order valence-corrected chi connectivity index (χ0v) is 13.4. The van der Waals surface area contributed by atoms with Crippen molar-refractivity contribution in [1.29, 1.82) is 0 Å². The summed E-state index contributed by atoms with van der Waals surface area (Å²) < 4.78 is 0.972. The number of carbonyl (C=O) groups is 2. The van der Waals surface area contributed by atoms with E-state index < -0.39 is 5.97 Å². The fourth-order valence-corrected chi connectivity index (χ4v) is 2.74. The highest BCUT2D eigenvalue weighted by molar-refractivity contribution is 9.10. The van der Waals surface area contributed by atoms with Crippen LogP contribution in [-0.2, 0) is 4.79 Å². The first-order chi connectivity index (χ1) is 9.95. The second-order valence-electron chi connectivity index (χ2n) is 5.05. The van der Waals surface area contributed by atoms with E-state index in [-0.39, 0.29) is 12.6 Å². The van der Waals surface area contributed by atoms with E-state index in [9.17, 15) is 9.59 Å². The van der Waals surface area contributed by atoms with E-state index in [0.717, 1.165) is 15.7 Å². The van der Waals surface area contributed by atoms with Gasteiger partial charge in [0, 0.05) is 36.3 Å². The molecule has 0 bridgehead atoms. The van der Waals surface area contributed by atoms with Gasteiger partial charge in [-0.15, -0.1) is 0 Å². The van der Waals surface area contributed by atoms with Gasteiger partial charge in [0.15, 0.2) is 0 Å². The molecule has 2 amide bonds. The quantitative estimate of drug-likeness (QED) is 0.869. The van der Waals surface area contributed by atoms with E-state index in [2.05, 4.69) is 21.2 Å². The summed E-state index contributed by atoms with van der Waals surface area (Å²) in [5, 5.41) is 11.6. The summed E-state index contributed by atoms with van der Waals surface area (Å²) in [5.74, 6) is -0.835. The van der Waals surface area contributed by atoms with Crippen molar-refractivity contribution in [3.63, 3.8) is 0 Å². The molecule has 2 rings (SSSR count). The number of carboxylic acid groups (broad SMARTS) is 1. The molecule has 0 unspecified atom stereocenters. The molecule has 0 aromatic heterocycles. The molecule has 1 aliphatic heterocycles. The minimum absolute atomic E-state index is 0.0290. The van der Waals surface area contributed by atoms with Crippen LogP contribution in [0, 0.1) is 6.92 Å². The number of anilines is 1. The van der Waals surface area contributed by atoms with Crippen LogP contribution < -0.4 is 5.32 Å². The summed E-state index contributed by atoms with van der Waals surface area (Å²) in [6.45, 7) is 4.20. The number of benzene rings is 1. The molecule has 1 heterocycles. The molecule has 7 heteroatoms. The maximum Gasteiger partial charge on any atom is 0.321 e. The minimum Gasteiger partial charge on any atom is -0.480 e. The molecule has 1 aliphatic rings. The van der Waals surface area contributed by atoms with E-state index in [1.807, 2.05) is 30.0 Å². The zero-order chi connectivity index (χ0) is 15.4. The van der Waals surface area contributed by atoms with E-state index in [0.29, 0.717) is 26.2 Å². The number of hydrogen-bond acceptors (Lipinski definition) is 3. The second-order valence-corrected chi connectivity index (χ2v) is 5.96. The van der Waals surface area contributed by atoms with Gasteiger partial charge in [-0.25, -0.2) is 4.79 Å². The minimum atomic E-state index is -0.835. The van der Waals surface area contributed by atoms with Gasteiger partial charge in [0.25, 0.3) is 0 Å². The molecular formula is C14H18BrN3O3. The second kappa shape index (κ2) is 6.91. The van der Waals surface area contributed by atoms with Crippen LogP contribution in [0.5, 0.6) is 0 Å². The third-order valence-corrected chi connectivity index (χ3v) is 3.94. The number of aryl methyl sites for hydroxylation is 1. The lowest BCUT2D eigenvalue weighted by Crippen LogP contribution is -2.51. The Bertz CT molecular complexity index is 542. The van der Waals surface area contributed by atoms with Crippen molar-refractivity contribution in [3.8, 4) is 0 Å². The lowest BCUT2D eigenvalue weighted by molar-refractivity contribution is -0.138. The van der Waals surface area contributed by atoms with Crippen molar-refractivity contribution in [2.45, 2.75) is 6.92 Å². The third-order valence-electron chi connectivity index (χ3n) is 3.45. The number of rotatable bonds is 3. The largest absolute Gasteiger partial charge is 0.480 e. The topological polar surface area (TPSA) is 72.9 Å². The van der Waals surface area contributed by atoms with Crippen molar-refractivity contribution in [2.24, 2.45) is 0 Å². The van der Waals surface area contributed by atoms with Crippen LogP contribution in [0.1, 0.15) is 5.56 Å². The highest BCUT2D eigenvalue weighted by Crippen LogP contribution is 2.20. The van der Waals surface area contributed by atoms with Crippen LogP contribution in [0.3, 0.4) is 0 Å². The van der Waals surface area contributed by atoms with E-state index >= 15 is 0 Å². The molecular weight excluding hydrogens is 338 g/mol. The van der Waals surface area contributed by atoms with Gasteiger partial charge < -0.3 is 15.3 Å². The molecule has 0 saturated carbocycles. The van der Waals surface area contributed by atoms with Crippen LogP contribution >= 0.6 is 15.9 Å². The maximum absolute atomic E-state index is 12.2. The fourth-order valence-electron chi connectivity index (χ4n) is 2.26. The molecule has 2 N–H and O–H groups in total. The van der Waals surface area contributed by atoms with E-state index in [4.69, 9.17) is 5.11 Å². The highest BCUT2D eigenvalue weighted by atomic mass is 79.9. The van der Waals surface area contributed by atoms with E-state index in [1.165, 1.54) is 0 Å². The number of amides is 2. The number of carboxylic acids is 1. The highest BCUT2D eigenvalue weighted by Gasteiger charge is 2.22. The van der Waals surface area contributed by atoms with Crippen LogP contribution in [0.25, 0.3) is 0 Å². The summed E-state index contributed by atoms with van der Waals surface area (Å²) in [4.78, 5) is 26.4. The van der Waals surface area contributed by atoms with Gasteiger partial charge in [-0.3, -0.25) is 9.69 Å². The number of halogens is 1. The SMILES string of the molecule is Cc1cc(Br)ccc1NC(=O)N1CCN(CC(=O)O)CC1. The Balaban J connectivity index is 1.89. The molecule has 1 aromatic rings. The van der Waals surface area contributed by atoms with Crippen molar-refractivity contribution < 1.29 is 14.7 Å². The van der Waals surface area contributed by atoms with Crippen molar-refractivity contribution >= 4 is 33.6 Å². The Morgan fingerprint density at radius 2 is 1.95 bits per heavy atom. The summed E-state index contributed by atoms with van der Waals surface area (Å²) in [6.07, 6.45) is 0. The predicted octanol–water partition coefficient (Wildman–Crippen LogP) is 1.99. The lowest BCUT2D eigenvalue weighted by Gasteiger charge is -2.33. The molecule has 1 saturated heterocycles. The average molecular weight is 356 g/mol. The summed E-state index contributed by atoms with van der Waals surface area (Å²) in [6, 6.07) is 5.54. The van der Waals surface area contributed by atoms with E-state index in [1.54, 1.807) is 4.90 Å². The molecule has 1 fully saturated rings. The van der Waals surface area contributed by atoms with Gasteiger partial charge in [-0.1, -0.05) is 15.9 Å². The number of aliphatic carboxylic acids is 1. The molecule has 1 aromatic carbocycles. The summed E-state index contributed by atoms with van der Waals surface area (Å²) in [7, 11) is 0. The van der Waals surface area contributed by atoms with Gasteiger partial charge in [0.05, 0.1) is 6.54 Å². The normalized spacial score (nSPS) is 15.8. The van der Waals surface area contributed by atoms with Gasteiger partial charge in [-0.2, -0.15) is 0 Å². The Kier molecular flexibility index (Phi) is 5.19. The molecule has 0 spiro atoms. The Labute approximate surface area is 131 Å². The first kappa shape index (κ1) is 15.8. The lowest BCUT2D eigenvalue weighted by atomic mass is 10.2. The summed E-state index contributed by atoms with van der Waals surface area (Å²) >= 11 is 3.39. The fraction of sp³-hybridized carbons (Fsp3) is 0.429. The Hall–Kier alpha value is -1.60. The molecule has 21 heavy (non-hydrogen) atoms. The molecule has 0 aliphatic carbocycles. The predicted molar refractivity (Wildman–Crippen MR) is 83.5 cm³/mol. The Morgan fingerprint density at radius 1 is 1.29 bits per heavy atom.